The van der Waals surface area contributed by atoms with E-state index in [0.717, 1.165) is 42.0 Å². The molecule has 0 aromatic heterocycles. The van der Waals surface area contributed by atoms with Gasteiger partial charge in [0.15, 0.2) is 6.04 Å². The molecular formula is C19H20F4N2O3. The van der Waals surface area contributed by atoms with Gasteiger partial charge >= 0.3 is 6.18 Å². The standard InChI is InChI=1S/C19H20F4N2O3/c20-12-7-5-11(6-8-12)16(19(21,22)23)24-15(26)9-10-25-17(27)13-3-1-2-4-14(13)18(25)28/h5-8,13-14,16H,1-4,9-10H2,(H,24,26). The molecule has 1 aliphatic carbocycles. The summed E-state index contributed by atoms with van der Waals surface area (Å²) in [4.78, 5) is 37.8. The molecule has 9 heteroatoms. The first-order valence-corrected chi connectivity index (χ1v) is 9.15. The van der Waals surface area contributed by atoms with Gasteiger partial charge in [0.2, 0.25) is 17.7 Å². The zero-order valence-corrected chi connectivity index (χ0v) is 15.0. The van der Waals surface area contributed by atoms with Crippen molar-refractivity contribution >= 4 is 17.7 Å². The van der Waals surface area contributed by atoms with Gasteiger partial charge < -0.3 is 5.32 Å². The van der Waals surface area contributed by atoms with Crippen LogP contribution in [0, 0.1) is 17.7 Å². The van der Waals surface area contributed by atoms with Crippen LogP contribution in [-0.2, 0) is 14.4 Å². The third-order valence-corrected chi connectivity index (χ3v) is 5.33. The monoisotopic (exact) mass is 400 g/mol. The molecule has 0 bridgehead atoms. The minimum absolute atomic E-state index is 0.246. The number of amides is 3. The number of hydrogen-bond acceptors (Lipinski definition) is 3. The molecule has 3 amide bonds. The molecule has 28 heavy (non-hydrogen) atoms. The molecular weight excluding hydrogens is 380 g/mol. The van der Waals surface area contributed by atoms with Crippen molar-refractivity contribution in [3.8, 4) is 0 Å². The maximum absolute atomic E-state index is 13.3. The average molecular weight is 400 g/mol. The van der Waals surface area contributed by atoms with Crippen LogP contribution in [0.1, 0.15) is 43.7 Å². The van der Waals surface area contributed by atoms with E-state index in [4.69, 9.17) is 0 Å². The van der Waals surface area contributed by atoms with Gasteiger partial charge in [0.1, 0.15) is 5.82 Å². The second-order valence-electron chi connectivity index (χ2n) is 7.17. The molecule has 1 aromatic carbocycles. The lowest BCUT2D eigenvalue weighted by atomic mass is 9.81. The largest absolute Gasteiger partial charge is 0.412 e. The summed E-state index contributed by atoms with van der Waals surface area (Å²) >= 11 is 0. The highest BCUT2D eigenvalue weighted by Crippen LogP contribution is 2.38. The molecule has 1 N–H and O–H groups in total. The van der Waals surface area contributed by atoms with Crippen LogP contribution in [-0.4, -0.2) is 35.3 Å². The van der Waals surface area contributed by atoms with Crippen molar-refractivity contribution in [2.45, 2.75) is 44.3 Å². The Morgan fingerprint density at radius 3 is 2.11 bits per heavy atom. The van der Waals surface area contributed by atoms with E-state index in [1.807, 2.05) is 5.32 Å². The Hall–Kier alpha value is -2.45. The number of nitrogens with zero attached hydrogens (tertiary/aromatic N) is 1. The maximum Gasteiger partial charge on any atom is 0.412 e. The van der Waals surface area contributed by atoms with Crippen LogP contribution >= 0.6 is 0 Å². The topological polar surface area (TPSA) is 66.5 Å². The van der Waals surface area contributed by atoms with Gasteiger partial charge in [-0.1, -0.05) is 25.0 Å². The van der Waals surface area contributed by atoms with Gasteiger partial charge in [-0.05, 0) is 30.5 Å². The van der Waals surface area contributed by atoms with Gasteiger partial charge in [0, 0.05) is 13.0 Å². The number of carbonyl (C=O) groups excluding carboxylic acids is 3. The Morgan fingerprint density at radius 2 is 1.61 bits per heavy atom. The van der Waals surface area contributed by atoms with Crippen LogP contribution < -0.4 is 5.32 Å². The number of rotatable bonds is 5. The lowest BCUT2D eigenvalue weighted by Gasteiger charge is -2.23. The Bertz CT molecular complexity index is 739. The zero-order valence-electron chi connectivity index (χ0n) is 15.0. The van der Waals surface area contributed by atoms with Crippen molar-refractivity contribution in [2.75, 3.05) is 6.54 Å². The second kappa shape index (κ2) is 7.89. The number of alkyl halides is 3. The van der Waals surface area contributed by atoms with E-state index < -0.39 is 30.4 Å². The fraction of sp³-hybridized carbons (Fsp3) is 0.526. The summed E-state index contributed by atoms with van der Waals surface area (Å²) in [5.41, 5.74) is -0.304. The SMILES string of the molecule is O=C(CCN1C(=O)C2CCCCC2C1=O)NC(c1ccc(F)cc1)C(F)(F)F. The van der Waals surface area contributed by atoms with E-state index >= 15 is 0 Å². The van der Waals surface area contributed by atoms with Crippen molar-refractivity contribution < 1.29 is 31.9 Å². The number of hydrogen-bond donors (Lipinski definition) is 1. The number of imide groups is 1. The van der Waals surface area contributed by atoms with Gasteiger partial charge in [0.25, 0.3) is 0 Å². The molecule has 1 aliphatic heterocycles. The van der Waals surface area contributed by atoms with E-state index in [0.29, 0.717) is 12.8 Å². The number of likely N-dealkylation sites (tertiary alicyclic amines) is 1. The Balaban J connectivity index is 1.63. The van der Waals surface area contributed by atoms with Crippen molar-refractivity contribution in [2.24, 2.45) is 11.8 Å². The van der Waals surface area contributed by atoms with Gasteiger partial charge in [-0.3, -0.25) is 19.3 Å². The number of nitrogens with one attached hydrogen (secondary N) is 1. The van der Waals surface area contributed by atoms with Crippen LogP contribution in [0.4, 0.5) is 17.6 Å². The highest BCUT2D eigenvalue weighted by Gasteiger charge is 2.48. The quantitative estimate of drug-likeness (QED) is 0.610. The number of benzene rings is 1. The average Bonchev–Trinajstić information content (AvgIpc) is 2.89. The van der Waals surface area contributed by atoms with Gasteiger partial charge in [-0.25, -0.2) is 4.39 Å². The van der Waals surface area contributed by atoms with Gasteiger partial charge in [-0.15, -0.1) is 0 Å². The number of carbonyl (C=O) groups is 3. The number of halogens is 4. The highest BCUT2D eigenvalue weighted by molar-refractivity contribution is 6.05. The Morgan fingerprint density at radius 1 is 1.07 bits per heavy atom. The van der Waals surface area contributed by atoms with E-state index in [2.05, 4.69) is 0 Å². The maximum atomic E-state index is 13.3. The second-order valence-corrected chi connectivity index (χ2v) is 7.17. The third kappa shape index (κ3) is 4.18. The Kier molecular flexibility index (Phi) is 5.71. The Labute approximate surface area is 159 Å². The number of fused-ring (bicyclic) bond motifs is 1. The summed E-state index contributed by atoms with van der Waals surface area (Å²) < 4.78 is 52.9. The molecule has 0 spiro atoms. The fourth-order valence-corrected chi connectivity index (χ4v) is 3.91. The first-order chi connectivity index (χ1) is 13.2. The van der Waals surface area contributed by atoms with Gasteiger partial charge in [-0.2, -0.15) is 13.2 Å². The predicted octanol–water partition coefficient (Wildman–Crippen LogP) is 3.11. The van der Waals surface area contributed by atoms with Crippen molar-refractivity contribution in [3.05, 3.63) is 35.6 Å². The molecule has 3 atom stereocenters. The summed E-state index contributed by atoms with van der Waals surface area (Å²) in [6, 6.07) is 1.36. The summed E-state index contributed by atoms with van der Waals surface area (Å²) in [5, 5.41) is 1.87. The smallest absolute Gasteiger partial charge is 0.341 e. The molecule has 0 radical (unpaired) electrons. The molecule has 152 valence electrons. The lowest BCUT2D eigenvalue weighted by molar-refractivity contribution is -0.163. The molecule has 1 saturated heterocycles. The molecule has 2 fully saturated rings. The molecule has 5 nitrogen and oxygen atoms in total. The van der Waals surface area contributed by atoms with Crippen molar-refractivity contribution in [1.82, 2.24) is 10.2 Å². The van der Waals surface area contributed by atoms with E-state index in [-0.39, 0.29) is 35.8 Å². The fourth-order valence-electron chi connectivity index (χ4n) is 3.91. The molecule has 3 unspecified atom stereocenters. The summed E-state index contributed by atoms with van der Waals surface area (Å²) in [6.07, 6.45) is -2.23. The van der Waals surface area contributed by atoms with E-state index in [9.17, 15) is 31.9 Å². The third-order valence-electron chi connectivity index (χ3n) is 5.33. The first kappa shape index (κ1) is 20.3. The first-order valence-electron chi connectivity index (χ1n) is 9.15. The summed E-state index contributed by atoms with van der Waals surface area (Å²) in [6.45, 7) is -0.246. The zero-order chi connectivity index (χ0) is 20.5. The van der Waals surface area contributed by atoms with E-state index in [1.54, 1.807) is 0 Å². The summed E-state index contributed by atoms with van der Waals surface area (Å²) in [5.74, 6) is -3.05. The minimum atomic E-state index is -4.78. The van der Waals surface area contributed by atoms with Crippen LogP contribution in [0.15, 0.2) is 24.3 Å². The van der Waals surface area contributed by atoms with Crippen LogP contribution in [0.25, 0.3) is 0 Å². The van der Waals surface area contributed by atoms with E-state index in [1.165, 1.54) is 0 Å². The molecule has 3 rings (SSSR count). The van der Waals surface area contributed by atoms with Crippen LogP contribution in [0.5, 0.6) is 0 Å². The molecule has 1 aromatic rings. The summed E-state index contributed by atoms with van der Waals surface area (Å²) in [7, 11) is 0. The van der Waals surface area contributed by atoms with Crippen LogP contribution in [0.3, 0.4) is 0 Å². The van der Waals surface area contributed by atoms with Crippen molar-refractivity contribution in [1.29, 1.82) is 0 Å². The highest BCUT2D eigenvalue weighted by atomic mass is 19.4. The van der Waals surface area contributed by atoms with Gasteiger partial charge in [0.05, 0.1) is 11.8 Å². The minimum Gasteiger partial charge on any atom is -0.341 e. The molecule has 1 saturated carbocycles. The molecule has 1 heterocycles. The lowest BCUT2D eigenvalue weighted by Crippen LogP contribution is -2.40. The molecule has 2 aliphatic rings. The van der Waals surface area contributed by atoms with Crippen molar-refractivity contribution in [3.63, 3.8) is 0 Å². The van der Waals surface area contributed by atoms with Crippen LogP contribution in [0.2, 0.25) is 0 Å². The predicted molar refractivity (Wildman–Crippen MR) is 90.1 cm³/mol. The normalized spacial score (nSPS) is 23.5.